The number of nitrogens with one attached hydrogen (secondary N) is 1. The number of amides is 2. The molecular weight excluding hydrogens is 188 g/mol. The second kappa shape index (κ2) is 8.57. The van der Waals surface area contributed by atoms with Gasteiger partial charge in [-0.3, -0.25) is 0 Å². The van der Waals surface area contributed by atoms with Crippen molar-refractivity contribution in [3.8, 4) is 0 Å². The number of unbranched alkanes of at least 4 members (excludes halogenated alkanes) is 1. The summed E-state index contributed by atoms with van der Waals surface area (Å²) in [5.74, 6) is 0.585. The highest BCUT2D eigenvalue weighted by molar-refractivity contribution is 5.74. The van der Waals surface area contributed by atoms with Gasteiger partial charge in [-0.15, -0.1) is 0 Å². The Morgan fingerprint density at radius 2 is 2.00 bits per heavy atom. The maximum Gasteiger partial charge on any atom is 0.317 e. The van der Waals surface area contributed by atoms with Gasteiger partial charge >= 0.3 is 6.03 Å². The minimum atomic E-state index is 0.0891. The summed E-state index contributed by atoms with van der Waals surface area (Å²) in [6, 6.07) is 0.0891. The summed E-state index contributed by atoms with van der Waals surface area (Å²) in [6.07, 6.45) is 3.31. The molecule has 0 bridgehead atoms. The van der Waals surface area contributed by atoms with Crippen LogP contribution in [0.2, 0.25) is 0 Å². The highest BCUT2D eigenvalue weighted by Gasteiger charge is 2.12. The Kier molecular flexibility index (Phi) is 8.15. The number of hydrogen-bond acceptors (Lipinski definition) is 1. The van der Waals surface area contributed by atoms with E-state index in [0.717, 1.165) is 38.9 Å². The van der Waals surface area contributed by atoms with Crippen molar-refractivity contribution in [1.82, 2.24) is 10.2 Å². The van der Waals surface area contributed by atoms with Gasteiger partial charge in [0.1, 0.15) is 0 Å². The van der Waals surface area contributed by atoms with Crippen LogP contribution in [0.1, 0.15) is 47.0 Å². The topological polar surface area (TPSA) is 32.3 Å². The van der Waals surface area contributed by atoms with Crippen molar-refractivity contribution in [2.75, 3.05) is 19.6 Å². The predicted molar refractivity (Wildman–Crippen MR) is 65.0 cm³/mol. The second-order valence-corrected chi connectivity index (χ2v) is 4.14. The third-order valence-corrected chi connectivity index (χ3v) is 2.70. The Balaban J connectivity index is 3.88. The van der Waals surface area contributed by atoms with E-state index >= 15 is 0 Å². The molecule has 90 valence electrons. The van der Waals surface area contributed by atoms with Crippen LogP contribution in [-0.4, -0.2) is 30.6 Å². The summed E-state index contributed by atoms with van der Waals surface area (Å²) in [5, 5.41) is 2.95. The second-order valence-electron chi connectivity index (χ2n) is 4.14. The van der Waals surface area contributed by atoms with Crippen molar-refractivity contribution in [3.05, 3.63) is 0 Å². The van der Waals surface area contributed by atoms with Crippen molar-refractivity contribution in [2.24, 2.45) is 5.92 Å². The molecular formula is C12H26N2O. The Hall–Kier alpha value is -0.730. The molecule has 0 spiro atoms. The van der Waals surface area contributed by atoms with Crippen molar-refractivity contribution in [2.45, 2.75) is 47.0 Å². The van der Waals surface area contributed by atoms with E-state index in [0.29, 0.717) is 5.92 Å². The first kappa shape index (κ1) is 14.3. The largest absolute Gasteiger partial charge is 0.338 e. The van der Waals surface area contributed by atoms with Crippen molar-refractivity contribution in [3.63, 3.8) is 0 Å². The smallest absolute Gasteiger partial charge is 0.317 e. The van der Waals surface area contributed by atoms with Crippen molar-refractivity contribution >= 4 is 6.03 Å². The minimum absolute atomic E-state index is 0.0891. The first-order chi connectivity index (χ1) is 7.15. The van der Waals surface area contributed by atoms with E-state index in [4.69, 9.17) is 0 Å². The summed E-state index contributed by atoms with van der Waals surface area (Å²) in [6.45, 7) is 11.0. The molecule has 15 heavy (non-hydrogen) atoms. The predicted octanol–water partition coefficient (Wildman–Crippen LogP) is 2.86. The molecule has 1 atom stereocenters. The summed E-state index contributed by atoms with van der Waals surface area (Å²) in [7, 11) is 0. The van der Waals surface area contributed by atoms with Crippen LogP contribution in [0.15, 0.2) is 0 Å². The van der Waals surface area contributed by atoms with Crippen LogP contribution in [0.5, 0.6) is 0 Å². The monoisotopic (exact) mass is 214 g/mol. The maximum absolute atomic E-state index is 11.7. The summed E-state index contributed by atoms with van der Waals surface area (Å²) >= 11 is 0. The highest BCUT2D eigenvalue weighted by atomic mass is 16.2. The SMILES string of the molecule is CCCCNC(=O)N(CC)CC(C)CC. The van der Waals surface area contributed by atoms with Crippen LogP contribution in [0.4, 0.5) is 4.79 Å². The lowest BCUT2D eigenvalue weighted by Gasteiger charge is -2.24. The normalized spacial score (nSPS) is 12.3. The third-order valence-electron chi connectivity index (χ3n) is 2.70. The lowest BCUT2D eigenvalue weighted by atomic mass is 10.1. The fourth-order valence-corrected chi connectivity index (χ4v) is 1.34. The van der Waals surface area contributed by atoms with E-state index in [1.165, 1.54) is 0 Å². The number of rotatable bonds is 7. The molecule has 0 aromatic carbocycles. The van der Waals surface area contributed by atoms with Gasteiger partial charge in [0.15, 0.2) is 0 Å². The van der Waals surface area contributed by atoms with E-state index in [-0.39, 0.29) is 6.03 Å². The molecule has 0 aromatic rings. The summed E-state index contributed by atoms with van der Waals surface area (Å²) < 4.78 is 0. The molecule has 0 aliphatic heterocycles. The van der Waals surface area contributed by atoms with Gasteiger partial charge in [0, 0.05) is 19.6 Å². The molecule has 3 nitrogen and oxygen atoms in total. The maximum atomic E-state index is 11.7. The Morgan fingerprint density at radius 3 is 2.47 bits per heavy atom. The number of carbonyl (C=O) groups is 1. The molecule has 1 unspecified atom stereocenters. The third kappa shape index (κ3) is 6.37. The fraction of sp³-hybridized carbons (Fsp3) is 0.917. The average molecular weight is 214 g/mol. The summed E-state index contributed by atoms with van der Waals surface area (Å²) in [4.78, 5) is 13.6. The van der Waals surface area contributed by atoms with Gasteiger partial charge < -0.3 is 10.2 Å². The van der Waals surface area contributed by atoms with E-state index in [9.17, 15) is 4.79 Å². The molecule has 1 N–H and O–H groups in total. The van der Waals surface area contributed by atoms with Gasteiger partial charge in [0.05, 0.1) is 0 Å². The van der Waals surface area contributed by atoms with Crippen LogP contribution < -0.4 is 5.32 Å². The van der Waals surface area contributed by atoms with Crippen LogP contribution in [0.25, 0.3) is 0 Å². The average Bonchev–Trinajstić information content (AvgIpc) is 2.25. The molecule has 0 fully saturated rings. The van der Waals surface area contributed by atoms with Gasteiger partial charge in [-0.2, -0.15) is 0 Å². The molecule has 2 amide bonds. The van der Waals surface area contributed by atoms with Gasteiger partial charge in [-0.1, -0.05) is 33.6 Å². The molecule has 0 heterocycles. The zero-order valence-corrected chi connectivity index (χ0v) is 10.7. The van der Waals surface area contributed by atoms with E-state index in [1.54, 1.807) is 0 Å². The molecule has 0 aliphatic rings. The molecule has 3 heteroatoms. The first-order valence-corrected chi connectivity index (χ1v) is 6.18. The van der Waals surface area contributed by atoms with Crippen molar-refractivity contribution < 1.29 is 4.79 Å². The standard InChI is InChI=1S/C12H26N2O/c1-5-8-9-13-12(15)14(7-3)10-11(4)6-2/h11H,5-10H2,1-4H3,(H,13,15). The Labute approximate surface area is 94.2 Å². The van der Waals surface area contributed by atoms with E-state index in [2.05, 4.69) is 26.1 Å². The van der Waals surface area contributed by atoms with Gasteiger partial charge in [-0.05, 0) is 19.3 Å². The Morgan fingerprint density at radius 1 is 1.33 bits per heavy atom. The van der Waals surface area contributed by atoms with Gasteiger partial charge in [0.2, 0.25) is 0 Å². The van der Waals surface area contributed by atoms with Gasteiger partial charge in [-0.25, -0.2) is 4.79 Å². The molecule has 0 radical (unpaired) electrons. The molecule has 0 rings (SSSR count). The molecule has 0 saturated heterocycles. The van der Waals surface area contributed by atoms with E-state index in [1.807, 2.05) is 11.8 Å². The number of urea groups is 1. The number of hydrogen-bond donors (Lipinski definition) is 1. The molecule has 0 aliphatic carbocycles. The minimum Gasteiger partial charge on any atom is -0.338 e. The molecule has 0 saturated carbocycles. The Bertz CT molecular complexity index is 171. The van der Waals surface area contributed by atoms with Crippen LogP contribution in [0, 0.1) is 5.92 Å². The first-order valence-electron chi connectivity index (χ1n) is 6.18. The highest BCUT2D eigenvalue weighted by Crippen LogP contribution is 2.04. The summed E-state index contributed by atoms with van der Waals surface area (Å²) in [5.41, 5.74) is 0. The zero-order valence-electron chi connectivity index (χ0n) is 10.7. The fourth-order valence-electron chi connectivity index (χ4n) is 1.34. The quantitative estimate of drug-likeness (QED) is 0.649. The zero-order chi connectivity index (χ0) is 11.7. The molecule has 0 aromatic heterocycles. The number of nitrogens with zero attached hydrogens (tertiary/aromatic N) is 1. The van der Waals surface area contributed by atoms with Gasteiger partial charge in [0.25, 0.3) is 0 Å². The lowest BCUT2D eigenvalue weighted by Crippen LogP contribution is -2.42. The van der Waals surface area contributed by atoms with E-state index < -0.39 is 0 Å². The lowest BCUT2D eigenvalue weighted by molar-refractivity contribution is 0.191. The van der Waals surface area contributed by atoms with Crippen LogP contribution >= 0.6 is 0 Å². The van der Waals surface area contributed by atoms with Crippen LogP contribution in [-0.2, 0) is 0 Å². The number of carbonyl (C=O) groups excluding carboxylic acids is 1. The van der Waals surface area contributed by atoms with Crippen LogP contribution in [0.3, 0.4) is 0 Å². The van der Waals surface area contributed by atoms with Crippen molar-refractivity contribution in [1.29, 1.82) is 0 Å².